The Morgan fingerprint density at radius 1 is 1.33 bits per heavy atom. The summed E-state index contributed by atoms with van der Waals surface area (Å²) < 4.78 is 0. The molecule has 1 fully saturated rings. The summed E-state index contributed by atoms with van der Waals surface area (Å²) in [4.78, 5) is 2.42. The van der Waals surface area contributed by atoms with Crippen molar-refractivity contribution in [1.82, 2.24) is 4.90 Å². The van der Waals surface area contributed by atoms with Crippen LogP contribution < -0.4 is 0 Å². The first kappa shape index (κ1) is 13.4. The van der Waals surface area contributed by atoms with Gasteiger partial charge < -0.3 is 5.21 Å². The molecule has 0 bridgehead atoms. The fourth-order valence-corrected chi connectivity index (χ4v) is 2.58. The van der Waals surface area contributed by atoms with Gasteiger partial charge >= 0.3 is 0 Å². The number of rotatable bonds is 2. The van der Waals surface area contributed by atoms with Gasteiger partial charge in [-0.25, -0.2) is 0 Å². The number of hydrogen-bond donors (Lipinski definition) is 1. The molecule has 1 aromatic rings. The lowest BCUT2D eigenvalue weighted by molar-refractivity contribution is 0.168. The number of halogens is 1. The highest BCUT2D eigenvalue weighted by Gasteiger charge is 2.27. The molecule has 18 heavy (non-hydrogen) atoms. The van der Waals surface area contributed by atoms with E-state index in [1.807, 2.05) is 12.1 Å². The molecule has 1 aliphatic rings. The maximum Gasteiger partial charge on any atom is 0.0627 e. The van der Waals surface area contributed by atoms with E-state index >= 15 is 0 Å². The summed E-state index contributed by atoms with van der Waals surface area (Å²) >= 11 is 5.89. The summed E-state index contributed by atoms with van der Waals surface area (Å²) in [6.07, 6.45) is 0.839. The Morgan fingerprint density at radius 2 is 2.00 bits per heavy atom. The molecule has 1 saturated heterocycles. The average molecular weight is 267 g/mol. The molecule has 2 rings (SSSR count). The Bertz CT molecular complexity index is 430. The van der Waals surface area contributed by atoms with Crippen molar-refractivity contribution >= 4 is 17.3 Å². The van der Waals surface area contributed by atoms with E-state index in [1.165, 1.54) is 5.56 Å². The van der Waals surface area contributed by atoms with Gasteiger partial charge in [-0.15, -0.1) is 0 Å². The number of benzene rings is 1. The molecule has 98 valence electrons. The first-order valence-corrected chi connectivity index (χ1v) is 6.67. The van der Waals surface area contributed by atoms with Crippen LogP contribution in [-0.2, 0) is 6.54 Å². The lowest BCUT2D eigenvalue weighted by atomic mass is 9.92. The first-order valence-electron chi connectivity index (χ1n) is 6.29. The molecule has 2 atom stereocenters. The molecule has 0 saturated carbocycles. The second-order valence-electron chi connectivity index (χ2n) is 5.10. The summed E-state index contributed by atoms with van der Waals surface area (Å²) in [6.45, 7) is 6.13. The zero-order valence-electron chi connectivity index (χ0n) is 10.8. The summed E-state index contributed by atoms with van der Waals surface area (Å²) in [7, 11) is 0. The van der Waals surface area contributed by atoms with E-state index in [2.05, 4.69) is 36.0 Å². The number of likely N-dealkylation sites (tertiary alicyclic amines) is 1. The molecule has 1 N–H and O–H groups in total. The predicted molar refractivity (Wildman–Crippen MR) is 74.3 cm³/mol. The predicted octanol–water partition coefficient (Wildman–Crippen LogP) is 3.40. The van der Waals surface area contributed by atoms with Crippen molar-refractivity contribution < 1.29 is 5.21 Å². The van der Waals surface area contributed by atoms with Gasteiger partial charge in [0.15, 0.2) is 0 Å². The molecule has 0 amide bonds. The topological polar surface area (TPSA) is 35.8 Å². The Kier molecular flexibility index (Phi) is 4.25. The van der Waals surface area contributed by atoms with Crippen LogP contribution in [0.2, 0.25) is 5.02 Å². The quantitative estimate of drug-likeness (QED) is 0.658. The Labute approximate surface area is 113 Å². The third-order valence-corrected chi connectivity index (χ3v) is 3.88. The van der Waals surface area contributed by atoms with Crippen molar-refractivity contribution in [2.75, 3.05) is 6.54 Å². The largest absolute Gasteiger partial charge is 0.411 e. The number of nitrogens with zero attached hydrogens (tertiary/aromatic N) is 2. The summed E-state index contributed by atoms with van der Waals surface area (Å²) in [5, 5.41) is 13.1. The molecule has 1 aromatic carbocycles. The Hall–Kier alpha value is -1.06. The summed E-state index contributed by atoms with van der Waals surface area (Å²) in [5.74, 6) is 0.318. The monoisotopic (exact) mass is 266 g/mol. The minimum Gasteiger partial charge on any atom is -0.411 e. The van der Waals surface area contributed by atoms with Crippen molar-refractivity contribution in [3.63, 3.8) is 0 Å². The van der Waals surface area contributed by atoms with E-state index in [4.69, 9.17) is 16.8 Å². The second-order valence-corrected chi connectivity index (χ2v) is 5.54. The molecule has 0 aliphatic carbocycles. The van der Waals surface area contributed by atoms with E-state index in [0.717, 1.165) is 30.2 Å². The zero-order chi connectivity index (χ0) is 13.1. The molecular weight excluding hydrogens is 248 g/mol. The molecule has 4 heteroatoms. The minimum absolute atomic E-state index is 0.318. The smallest absolute Gasteiger partial charge is 0.0627 e. The number of oxime groups is 1. The fourth-order valence-electron chi connectivity index (χ4n) is 2.45. The van der Waals surface area contributed by atoms with Gasteiger partial charge in [0.1, 0.15) is 0 Å². The minimum atomic E-state index is 0.318. The van der Waals surface area contributed by atoms with Crippen LogP contribution in [0, 0.1) is 5.92 Å². The molecule has 1 aliphatic heterocycles. The highest BCUT2D eigenvalue weighted by molar-refractivity contribution is 6.30. The summed E-state index contributed by atoms with van der Waals surface area (Å²) in [5.41, 5.74) is 2.18. The lowest BCUT2D eigenvalue weighted by Crippen LogP contribution is -2.44. The van der Waals surface area contributed by atoms with Gasteiger partial charge in [-0.3, -0.25) is 4.90 Å². The van der Waals surface area contributed by atoms with E-state index in [0.29, 0.717) is 12.0 Å². The van der Waals surface area contributed by atoms with Gasteiger partial charge in [0, 0.05) is 36.5 Å². The molecule has 0 radical (unpaired) electrons. The van der Waals surface area contributed by atoms with Gasteiger partial charge in [0.2, 0.25) is 0 Å². The van der Waals surface area contributed by atoms with Gasteiger partial charge in [0.25, 0.3) is 0 Å². The van der Waals surface area contributed by atoms with Gasteiger partial charge in [-0.05, 0) is 24.6 Å². The lowest BCUT2D eigenvalue weighted by Gasteiger charge is -2.37. The van der Waals surface area contributed by atoms with E-state index in [9.17, 15) is 0 Å². The van der Waals surface area contributed by atoms with Crippen LogP contribution >= 0.6 is 11.6 Å². The highest BCUT2D eigenvalue weighted by Crippen LogP contribution is 2.22. The SMILES string of the molecule is CC1CN(Cc2ccc(Cl)cc2)C(C)CC1=NO. The highest BCUT2D eigenvalue weighted by atomic mass is 35.5. The van der Waals surface area contributed by atoms with Gasteiger partial charge in [-0.1, -0.05) is 35.8 Å². The fraction of sp³-hybridized carbons (Fsp3) is 0.500. The van der Waals surface area contributed by atoms with Crippen LogP contribution in [0.15, 0.2) is 29.4 Å². The van der Waals surface area contributed by atoms with Gasteiger partial charge in [-0.2, -0.15) is 0 Å². The molecular formula is C14H19ClN2O. The standard InChI is InChI=1S/C14H19ClN2O/c1-10-8-17(11(2)7-14(10)16-18)9-12-3-5-13(15)6-4-12/h3-6,10-11,18H,7-9H2,1-2H3. The maximum absolute atomic E-state index is 8.94. The Balaban J connectivity index is 2.03. The van der Waals surface area contributed by atoms with Crippen LogP contribution in [-0.4, -0.2) is 28.4 Å². The van der Waals surface area contributed by atoms with E-state index in [1.54, 1.807) is 0 Å². The Morgan fingerprint density at radius 3 is 2.61 bits per heavy atom. The van der Waals surface area contributed by atoms with Crippen molar-refractivity contribution in [3.8, 4) is 0 Å². The molecule has 1 heterocycles. The molecule has 2 unspecified atom stereocenters. The van der Waals surface area contributed by atoms with Crippen LogP contribution in [0.3, 0.4) is 0 Å². The van der Waals surface area contributed by atoms with Crippen molar-refractivity contribution in [3.05, 3.63) is 34.9 Å². The van der Waals surface area contributed by atoms with Crippen molar-refractivity contribution in [2.24, 2.45) is 11.1 Å². The zero-order valence-corrected chi connectivity index (χ0v) is 11.6. The average Bonchev–Trinajstić information content (AvgIpc) is 2.36. The third kappa shape index (κ3) is 3.03. The van der Waals surface area contributed by atoms with Gasteiger partial charge in [0.05, 0.1) is 5.71 Å². The van der Waals surface area contributed by atoms with Crippen LogP contribution in [0.1, 0.15) is 25.8 Å². The van der Waals surface area contributed by atoms with Crippen LogP contribution in [0.4, 0.5) is 0 Å². The van der Waals surface area contributed by atoms with Crippen LogP contribution in [0.5, 0.6) is 0 Å². The van der Waals surface area contributed by atoms with Crippen molar-refractivity contribution in [2.45, 2.75) is 32.9 Å². The molecule has 0 spiro atoms. The summed E-state index contributed by atoms with van der Waals surface area (Å²) in [6, 6.07) is 8.39. The van der Waals surface area contributed by atoms with E-state index in [-0.39, 0.29) is 0 Å². The third-order valence-electron chi connectivity index (χ3n) is 3.63. The molecule has 3 nitrogen and oxygen atoms in total. The second kappa shape index (κ2) is 5.72. The maximum atomic E-state index is 8.94. The van der Waals surface area contributed by atoms with Crippen LogP contribution in [0.25, 0.3) is 0 Å². The van der Waals surface area contributed by atoms with Crippen molar-refractivity contribution in [1.29, 1.82) is 0 Å². The number of piperidine rings is 1. The van der Waals surface area contributed by atoms with E-state index < -0.39 is 0 Å². The molecule has 0 aromatic heterocycles. The number of hydrogen-bond acceptors (Lipinski definition) is 3. The normalized spacial score (nSPS) is 27.6. The first-order chi connectivity index (χ1) is 8.60.